The summed E-state index contributed by atoms with van der Waals surface area (Å²) in [4.78, 5) is 17.8. The first-order valence-electron chi connectivity index (χ1n) is 5.84. The Bertz CT molecular complexity index is 409. The monoisotopic (exact) mass is 233 g/mol. The molecule has 2 atom stereocenters. The number of carbonyl (C=O) groups excluding carboxylic acids is 1. The van der Waals surface area contributed by atoms with E-state index in [-0.39, 0.29) is 24.7 Å². The average molecular weight is 233 g/mol. The Balaban J connectivity index is 1.62. The van der Waals surface area contributed by atoms with Gasteiger partial charge in [0.15, 0.2) is 0 Å². The highest BCUT2D eigenvalue weighted by Gasteiger charge is 2.37. The van der Waals surface area contributed by atoms with Crippen LogP contribution < -0.4 is 5.32 Å². The lowest BCUT2D eigenvalue weighted by Gasteiger charge is -2.25. The molecule has 0 bridgehead atoms. The van der Waals surface area contributed by atoms with Crippen LogP contribution in [0.15, 0.2) is 24.4 Å². The Morgan fingerprint density at radius 1 is 1.47 bits per heavy atom. The Morgan fingerprint density at radius 3 is 3.24 bits per heavy atom. The van der Waals surface area contributed by atoms with Crippen molar-refractivity contribution >= 4 is 5.91 Å². The number of nitrogens with zero attached hydrogens (tertiary/aromatic N) is 2. The highest BCUT2D eigenvalue weighted by molar-refractivity contribution is 5.78. The van der Waals surface area contributed by atoms with E-state index < -0.39 is 0 Å². The highest BCUT2D eigenvalue weighted by Crippen LogP contribution is 2.18. The van der Waals surface area contributed by atoms with Gasteiger partial charge >= 0.3 is 0 Å². The van der Waals surface area contributed by atoms with Gasteiger partial charge in [-0.15, -0.1) is 0 Å². The van der Waals surface area contributed by atoms with Crippen molar-refractivity contribution in [2.45, 2.75) is 18.7 Å². The number of hydrogen-bond donors (Lipinski definition) is 1. The van der Waals surface area contributed by atoms with Crippen molar-refractivity contribution in [1.82, 2.24) is 15.2 Å². The number of fused-ring (bicyclic) bond motifs is 1. The number of pyridine rings is 1. The van der Waals surface area contributed by atoms with E-state index in [2.05, 4.69) is 15.2 Å². The first-order valence-corrected chi connectivity index (χ1v) is 5.84. The molecule has 3 rings (SSSR count). The number of nitrogens with one attached hydrogen (secondary N) is 1. The van der Waals surface area contributed by atoms with Crippen LogP contribution in [0.25, 0.3) is 0 Å². The fraction of sp³-hybridized carbons (Fsp3) is 0.500. The van der Waals surface area contributed by atoms with Gasteiger partial charge in [-0.2, -0.15) is 0 Å². The molecule has 90 valence electrons. The van der Waals surface area contributed by atoms with Gasteiger partial charge in [0.2, 0.25) is 5.91 Å². The Hall–Kier alpha value is -1.46. The minimum Gasteiger partial charge on any atom is -0.365 e. The third kappa shape index (κ3) is 2.30. The predicted octanol–water partition coefficient (Wildman–Crippen LogP) is -0.219. The van der Waals surface area contributed by atoms with Crippen molar-refractivity contribution in [2.75, 3.05) is 19.7 Å². The topological polar surface area (TPSA) is 54.5 Å². The fourth-order valence-electron chi connectivity index (χ4n) is 2.44. The average Bonchev–Trinajstić information content (AvgIpc) is 2.71. The summed E-state index contributed by atoms with van der Waals surface area (Å²) >= 11 is 0. The Morgan fingerprint density at radius 2 is 2.41 bits per heavy atom. The molecule has 1 aromatic rings. The molecule has 2 aliphatic rings. The van der Waals surface area contributed by atoms with Gasteiger partial charge in [-0.1, -0.05) is 6.07 Å². The van der Waals surface area contributed by atoms with Crippen LogP contribution in [-0.2, 0) is 16.1 Å². The van der Waals surface area contributed by atoms with Crippen LogP contribution >= 0.6 is 0 Å². The number of likely N-dealkylation sites (tertiary alicyclic amines) is 1. The van der Waals surface area contributed by atoms with Crippen LogP contribution in [0, 0.1) is 0 Å². The van der Waals surface area contributed by atoms with Gasteiger partial charge in [-0.05, 0) is 12.1 Å². The van der Waals surface area contributed by atoms with Gasteiger partial charge in [0.05, 0.1) is 17.8 Å². The van der Waals surface area contributed by atoms with E-state index in [0.29, 0.717) is 0 Å². The molecule has 3 heterocycles. The molecule has 2 saturated heterocycles. The maximum Gasteiger partial charge on any atom is 0.246 e. The van der Waals surface area contributed by atoms with Crippen molar-refractivity contribution in [3.05, 3.63) is 30.1 Å². The zero-order valence-electron chi connectivity index (χ0n) is 9.50. The second-order valence-corrected chi connectivity index (χ2v) is 4.54. The lowest BCUT2D eigenvalue weighted by Crippen LogP contribution is -2.50. The van der Waals surface area contributed by atoms with E-state index >= 15 is 0 Å². The molecule has 5 nitrogen and oxygen atoms in total. The lowest BCUT2D eigenvalue weighted by atomic mass is 10.2. The standard InChI is InChI=1S/C12H15N3O2/c16-12-8-17-11-7-15(6-10(11)14-12)5-9-3-1-2-4-13-9/h1-4,10-11H,5-8H2,(H,14,16). The molecule has 1 amide bonds. The second-order valence-electron chi connectivity index (χ2n) is 4.54. The van der Waals surface area contributed by atoms with Crippen LogP contribution in [-0.4, -0.2) is 47.6 Å². The third-order valence-corrected chi connectivity index (χ3v) is 3.23. The number of carbonyl (C=O) groups is 1. The van der Waals surface area contributed by atoms with E-state index in [0.717, 1.165) is 25.3 Å². The molecule has 0 aliphatic carbocycles. The molecular formula is C12H15N3O2. The summed E-state index contributed by atoms with van der Waals surface area (Å²) in [6, 6.07) is 6.06. The maximum atomic E-state index is 11.2. The van der Waals surface area contributed by atoms with E-state index in [9.17, 15) is 4.79 Å². The summed E-state index contributed by atoms with van der Waals surface area (Å²) in [6.45, 7) is 2.71. The van der Waals surface area contributed by atoms with Gasteiger partial charge in [-0.25, -0.2) is 0 Å². The SMILES string of the molecule is O=C1COC2CN(Cc3ccccn3)CC2N1. The molecule has 1 aromatic heterocycles. The highest BCUT2D eigenvalue weighted by atomic mass is 16.5. The minimum atomic E-state index is -0.00839. The van der Waals surface area contributed by atoms with Crippen molar-refractivity contribution in [2.24, 2.45) is 0 Å². The summed E-state index contributed by atoms with van der Waals surface area (Å²) in [5, 5.41) is 2.97. The number of ether oxygens (including phenoxy) is 1. The van der Waals surface area contributed by atoms with Crippen molar-refractivity contribution < 1.29 is 9.53 Å². The normalized spacial score (nSPS) is 28.8. The van der Waals surface area contributed by atoms with Crippen LogP contribution in [0.3, 0.4) is 0 Å². The molecule has 0 saturated carbocycles. The number of amides is 1. The molecule has 0 radical (unpaired) electrons. The van der Waals surface area contributed by atoms with Gasteiger partial charge in [0, 0.05) is 25.8 Å². The zero-order valence-corrected chi connectivity index (χ0v) is 9.50. The molecule has 5 heteroatoms. The van der Waals surface area contributed by atoms with E-state index in [1.807, 2.05) is 18.2 Å². The molecule has 1 N–H and O–H groups in total. The largest absolute Gasteiger partial charge is 0.365 e. The summed E-state index contributed by atoms with van der Waals surface area (Å²) < 4.78 is 5.51. The fourth-order valence-corrected chi connectivity index (χ4v) is 2.44. The third-order valence-electron chi connectivity index (χ3n) is 3.23. The van der Waals surface area contributed by atoms with Crippen LogP contribution in [0.4, 0.5) is 0 Å². The first-order chi connectivity index (χ1) is 8.31. The van der Waals surface area contributed by atoms with Gasteiger partial charge in [0.25, 0.3) is 0 Å². The molecule has 2 unspecified atom stereocenters. The lowest BCUT2D eigenvalue weighted by molar-refractivity contribution is -0.134. The molecule has 17 heavy (non-hydrogen) atoms. The smallest absolute Gasteiger partial charge is 0.246 e. The molecule has 2 aliphatic heterocycles. The summed E-state index contributed by atoms with van der Waals surface area (Å²) in [7, 11) is 0. The molecule has 2 fully saturated rings. The van der Waals surface area contributed by atoms with Gasteiger partial charge in [-0.3, -0.25) is 14.7 Å². The van der Waals surface area contributed by atoms with Gasteiger partial charge < -0.3 is 10.1 Å². The van der Waals surface area contributed by atoms with Crippen LogP contribution in [0.1, 0.15) is 5.69 Å². The number of rotatable bonds is 2. The Kier molecular flexibility index (Phi) is 2.78. The van der Waals surface area contributed by atoms with E-state index in [1.165, 1.54) is 0 Å². The van der Waals surface area contributed by atoms with E-state index in [4.69, 9.17) is 4.74 Å². The minimum absolute atomic E-state index is 0.00839. The second kappa shape index (κ2) is 4.43. The number of morpholine rings is 1. The number of hydrogen-bond acceptors (Lipinski definition) is 4. The van der Waals surface area contributed by atoms with Crippen molar-refractivity contribution in [3.63, 3.8) is 0 Å². The first kappa shape index (κ1) is 10.7. The summed E-state index contributed by atoms with van der Waals surface area (Å²) in [5.74, 6) is -0.00839. The quantitative estimate of drug-likeness (QED) is 0.767. The molecule has 0 spiro atoms. The van der Waals surface area contributed by atoms with Crippen molar-refractivity contribution in [3.8, 4) is 0 Å². The maximum absolute atomic E-state index is 11.2. The van der Waals surface area contributed by atoms with Crippen molar-refractivity contribution in [1.29, 1.82) is 0 Å². The summed E-state index contributed by atoms with van der Waals surface area (Å²) in [6.07, 6.45) is 1.94. The zero-order chi connectivity index (χ0) is 11.7. The molecule has 0 aromatic carbocycles. The van der Waals surface area contributed by atoms with Crippen LogP contribution in [0.2, 0.25) is 0 Å². The van der Waals surface area contributed by atoms with E-state index in [1.54, 1.807) is 6.20 Å². The molecular weight excluding hydrogens is 218 g/mol. The Labute approximate surface area is 99.8 Å². The predicted molar refractivity (Wildman–Crippen MR) is 61.2 cm³/mol. The number of aromatic nitrogens is 1. The summed E-state index contributed by atoms with van der Waals surface area (Å²) in [5.41, 5.74) is 1.05. The van der Waals surface area contributed by atoms with Gasteiger partial charge in [0.1, 0.15) is 6.61 Å². The van der Waals surface area contributed by atoms with Crippen LogP contribution in [0.5, 0.6) is 0 Å².